The number of ether oxygens (including phenoxy) is 1. The van der Waals surface area contributed by atoms with E-state index in [9.17, 15) is 4.79 Å². The molecular weight excluding hydrogens is 230 g/mol. The summed E-state index contributed by atoms with van der Waals surface area (Å²) in [5.74, 6) is -0.429. The van der Waals surface area contributed by atoms with Crippen molar-refractivity contribution in [3.05, 3.63) is 36.5 Å². The molecule has 4 heteroatoms. The van der Waals surface area contributed by atoms with Crippen LogP contribution in [0.3, 0.4) is 0 Å². The number of carboxylic acid groups (broad SMARTS) is 1. The highest BCUT2D eigenvalue weighted by molar-refractivity contribution is 5.79. The van der Waals surface area contributed by atoms with E-state index < -0.39 is 5.97 Å². The summed E-state index contributed by atoms with van der Waals surface area (Å²) in [5, 5.41) is 9.77. The van der Waals surface area contributed by atoms with E-state index in [1.807, 2.05) is 30.3 Å². The Hall–Kier alpha value is -2.10. The molecule has 1 unspecified atom stereocenters. The number of rotatable bonds is 5. The van der Waals surface area contributed by atoms with E-state index in [1.54, 1.807) is 13.1 Å². The van der Waals surface area contributed by atoms with Crippen molar-refractivity contribution >= 4 is 16.9 Å². The van der Waals surface area contributed by atoms with Crippen LogP contribution in [0.2, 0.25) is 0 Å². The predicted octanol–water partition coefficient (Wildman–Crippen LogP) is 2.72. The summed E-state index contributed by atoms with van der Waals surface area (Å²) in [5.41, 5.74) is 0.920. The zero-order chi connectivity index (χ0) is 13.0. The van der Waals surface area contributed by atoms with Crippen LogP contribution in [0, 0.1) is 5.92 Å². The Morgan fingerprint density at radius 1 is 1.44 bits per heavy atom. The first kappa shape index (κ1) is 12.4. The first-order valence-corrected chi connectivity index (χ1v) is 5.87. The summed E-state index contributed by atoms with van der Waals surface area (Å²) in [6.45, 7) is 2.08. The van der Waals surface area contributed by atoms with Crippen molar-refractivity contribution in [3.63, 3.8) is 0 Å². The summed E-state index contributed by atoms with van der Waals surface area (Å²) < 4.78 is 5.54. The summed E-state index contributed by atoms with van der Waals surface area (Å²) in [6.07, 6.45) is 2.25. The van der Waals surface area contributed by atoms with Gasteiger partial charge in [0.25, 0.3) is 0 Å². The molecule has 0 bridgehead atoms. The first-order valence-electron chi connectivity index (χ1n) is 5.87. The van der Waals surface area contributed by atoms with Crippen LogP contribution in [0.1, 0.15) is 13.3 Å². The number of benzene rings is 1. The molecule has 0 saturated carbocycles. The highest BCUT2D eigenvalue weighted by atomic mass is 16.5. The van der Waals surface area contributed by atoms with Crippen molar-refractivity contribution in [3.8, 4) is 5.75 Å². The summed E-state index contributed by atoms with van der Waals surface area (Å²) in [7, 11) is 0. The van der Waals surface area contributed by atoms with Crippen LogP contribution >= 0.6 is 0 Å². The third-order valence-electron chi connectivity index (χ3n) is 2.82. The van der Waals surface area contributed by atoms with Gasteiger partial charge in [-0.2, -0.15) is 0 Å². The van der Waals surface area contributed by atoms with Crippen LogP contribution in [0.15, 0.2) is 36.5 Å². The number of fused-ring (bicyclic) bond motifs is 1. The van der Waals surface area contributed by atoms with E-state index in [-0.39, 0.29) is 5.92 Å². The van der Waals surface area contributed by atoms with E-state index in [4.69, 9.17) is 9.84 Å². The SMILES string of the molecule is CC(CCOc1ccc2ncccc2c1)C(=O)O. The van der Waals surface area contributed by atoms with E-state index in [0.717, 1.165) is 16.7 Å². The molecule has 1 heterocycles. The van der Waals surface area contributed by atoms with Crippen LogP contribution < -0.4 is 4.74 Å². The van der Waals surface area contributed by atoms with E-state index in [0.29, 0.717) is 13.0 Å². The quantitative estimate of drug-likeness (QED) is 0.879. The second-order valence-electron chi connectivity index (χ2n) is 4.23. The number of nitrogens with zero attached hydrogens (tertiary/aromatic N) is 1. The second kappa shape index (κ2) is 5.49. The molecule has 1 N–H and O–H groups in total. The Morgan fingerprint density at radius 2 is 2.28 bits per heavy atom. The van der Waals surface area contributed by atoms with Gasteiger partial charge in [0.05, 0.1) is 18.0 Å². The predicted molar refractivity (Wildman–Crippen MR) is 68.7 cm³/mol. The van der Waals surface area contributed by atoms with E-state index in [1.165, 1.54) is 0 Å². The summed E-state index contributed by atoms with van der Waals surface area (Å²) >= 11 is 0. The van der Waals surface area contributed by atoms with Crippen LogP contribution in [0.4, 0.5) is 0 Å². The standard InChI is InChI=1S/C14H15NO3/c1-10(14(16)17)6-8-18-12-4-5-13-11(9-12)3-2-7-15-13/h2-5,7,9-10H,6,8H2,1H3,(H,16,17). The number of pyridine rings is 1. The molecule has 0 amide bonds. The summed E-state index contributed by atoms with van der Waals surface area (Å²) in [4.78, 5) is 14.9. The van der Waals surface area contributed by atoms with Gasteiger partial charge >= 0.3 is 5.97 Å². The number of hydrogen-bond acceptors (Lipinski definition) is 3. The maximum Gasteiger partial charge on any atom is 0.306 e. The van der Waals surface area contributed by atoms with Gasteiger partial charge < -0.3 is 9.84 Å². The molecule has 1 aromatic heterocycles. The van der Waals surface area contributed by atoms with Crippen LogP contribution in [-0.2, 0) is 4.79 Å². The smallest absolute Gasteiger partial charge is 0.306 e. The van der Waals surface area contributed by atoms with Crippen LogP contribution in [-0.4, -0.2) is 22.7 Å². The minimum atomic E-state index is -0.790. The van der Waals surface area contributed by atoms with E-state index in [2.05, 4.69) is 4.98 Å². The van der Waals surface area contributed by atoms with Crippen molar-refractivity contribution in [1.82, 2.24) is 4.98 Å². The second-order valence-corrected chi connectivity index (χ2v) is 4.23. The molecule has 2 rings (SSSR count). The fraction of sp³-hybridized carbons (Fsp3) is 0.286. The minimum Gasteiger partial charge on any atom is -0.494 e. The molecule has 4 nitrogen and oxygen atoms in total. The number of carboxylic acids is 1. The van der Waals surface area contributed by atoms with Crippen molar-refractivity contribution in [2.75, 3.05) is 6.61 Å². The third kappa shape index (κ3) is 2.97. The lowest BCUT2D eigenvalue weighted by molar-refractivity contribution is -0.141. The average molecular weight is 245 g/mol. The minimum absolute atomic E-state index is 0.382. The molecule has 0 saturated heterocycles. The Balaban J connectivity index is 1.98. The van der Waals surface area contributed by atoms with Gasteiger partial charge in [-0.05, 0) is 30.7 Å². The van der Waals surface area contributed by atoms with Gasteiger partial charge in [-0.25, -0.2) is 0 Å². The number of hydrogen-bond donors (Lipinski definition) is 1. The molecule has 0 aliphatic rings. The summed E-state index contributed by atoms with van der Waals surface area (Å²) in [6, 6.07) is 9.49. The molecule has 0 radical (unpaired) electrons. The Morgan fingerprint density at radius 3 is 3.06 bits per heavy atom. The fourth-order valence-electron chi connectivity index (χ4n) is 1.62. The lowest BCUT2D eigenvalue weighted by Gasteiger charge is -2.09. The molecule has 94 valence electrons. The zero-order valence-corrected chi connectivity index (χ0v) is 10.2. The van der Waals surface area contributed by atoms with Gasteiger partial charge in [0, 0.05) is 11.6 Å². The van der Waals surface area contributed by atoms with Crippen molar-refractivity contribution in [1.29, 1.82) is 0 Å². The van der Waals surface area contributed by atoms with Crippen molar-refractivity contribution in [2.24, 2.45) is 5.92 Å². The maximum absolute atomic E-state index is 10.7. The van der Waals surface area contributed by atoms with Gasteiger partial charge in [0.2, 0.25) is 0 Å². The lowest BCUT2D eigenvalue weighted by atomic mass is 10.1. The van der Waals surface area contributed by atoms with Gasteiger partial charge in [-0.3, -0.25) is 9.78 Å². The molecule has 2 aromatic rings. The molecule has 0 aliphatic heterocycles. The first-order chi connectivity index (χ1) is 8.66. The molecular formula is C14H15NO3. The van der Waals surface area contributed by atoms with Gasteiger partial charge in [0.1, 0.15) is 5.75 Å². The zero-order valence-electron chi connectivity index (χ0n) is 10.2. The molecule has 0 aliphatic carbocycles. The lowest BCUT2D eigenvalue weighted by Crippen LogP contribution is -2.13. The number of carbonyl (C=O) groups is 1. The van der Waals surface area contributed by atoms with E-state index >= 15 is 0 Å². The van der Waals surface area contributed by atoms with Crippen LogP contribution in [0.25, 0.3) is 10.9 Å². The Kier molecular flexibility index (Phi) is 3.77. The number of aromatic nitrogens is 1. The topological polar surface area (TPSA) is 59.4 Å². The third-order valence-corrected chi connectivity index (χ3v) is 2.82. The average Bonchev–Trinajstić information content (AvgIpc) is 2.38. The fourth-order valence-corrected chi connectivity index (χ4v) is 1.62. The van der Waals surface area contributed by atoms with Gasteiger partial charge in [0.15, 0.2) is 0 Å². The number of aliphatic carboxylic acids is 1. The maximum atomic E-state index is 10.7. The Labute approximate surface area is 105 Å². The molecule has 0 spiro atoms. The molecule has 1 atom stereocenters. The monoisotopic (exact) mass is 245 g/mol. The molecule has 0 fully saturated rings. The van der Waals surface area contributed by atoms with Crippen molar-refractivity contribution in [2.45, 2.75) is 13.3 Å². The highest BCUT2D eigenvalue weighted by Gasteiger charge is 2.10. The van der Waals surface area contributed by atoms with Gasteiger partial charge in [-0.1, -0.05) is 13.0 Å². The van der Waals surface area contributed by atoms with Crippen molar-refractivity contribution < 1.29 is 14.6 Å². The van der Waals surface area contributed by atoms with Gasteiger partial charge in [-0.15, -0.1) is 0 Å². The molecule has 18 heavy (non-hydrogen) atoms. The molecule has 1 aromatic carbocycles. The Bertz CT molecular complexity index is 553. The van der Waals surface area contributed by atoms with Crippen LogP contribution in [0.5, 0.6) is 5.75 Å². The largest absolute Gasteiger partial charge is 0.494 e. The highest BCUT2D eigenvalue weighted by Crippen LogP contribution is 2.19. The normalized spacial score (nSPS) is 12.3.